The Morgan fingerprint density at radius 2 is 0.795 bits per heavy atom. The zero-order valence-corrected chi connectivity index (χ0v) is 51.2. The number of aliphatic hydroxyl groups excluding tert-OH is 11. The minimum absolute atomic E-state index is 0.245. The number of carbonyl (C=O) groups excluding carboxylic acids is 1. The van der Waals surface area contributed by atoms with Crippen molar-refractivity contribution in [3.8, 4) is 0 Å². The Labute approximate surface area is 498 Å². The fourth-order valence-electron chi connectivity index (χ4n) is 11.3. The summed E-state index contributed by atoms with van der Waals surface area (Å²) in [6.07, 6.45) is 23.9. The van der Waals surface area contributed by atoms with E-state index in [0.29, 0.717) is 12.8 Å². The van der Waals surface area contributed by atoms with Crippen molar-refractivity contribution in [2.24, 2.45) is 0 Å². The number of nitrogens with one attached hydrogen (secondary N) is 1. The molecule has 0 aliphatic carbocycles. The van der Waals surface area contributed by atoms with Crippen LogP contribution in [0.25, 0.3) is 0 Å². The smallest absolute Gasteiger partial charge is 0.220 e. The van der Waals surface area contributed by atoms with Gasteiger partial charge in [-0.1, -0.05) is 218 Å². The van der Waals surface area contributed by atoms with Gasteiger partial charge in [-0.3, -0.25) is 4.79 Å². The number of carbonyl (C=O) groups is 1. The molecule has 3 heterocycles. The zero-order valence-electron chi connectivity index (χ0n) is 51.2. The van der Waals surface area contributed by atoms with Crippen molar-refractivity contribution >= 4 is 5.91 Å². The summed E-state index contributed by atoms with van der Waals surface area (Å²) in [5.41, 5.74) is 0. The Bertz CT molecular complexity index is 1610. The standard InChI is InChI=1S/C64H119NO18/c1-3-5-7-9-11-13-15-17-19-21-23-25-27-29-31-33-35-37-39-41-48(69)47(65-52(70)42-40-38-36-34-32-30-28-26-24-22-20-18-16-14-12-10-8-6-4-2)46-78-62-58(76)55(73)60(50(44-67)80-62)83-64-59(77)56(74)61(51(45-68)81-64)82-63-57(75)54(72)53(71)49(43-66)79-63/h12,14,18,20,47-51,53-64,66-69,71-77H,3-11,13,15-17,19,21-46H2,1-2H3,(H,65,70)/b14-12-,20-18-. The molecule has 19 heteroatoms. The van der Waals surface area contributed by atoms with Crippen LogP contribution in [-0.2, 0) is 33.2 Å². The predicted molar refractivity (Wildman–Crippen MR) is 319 cm³/mol. The van der Waals surface area contributed by atoms with Gasteiger partial charge in [0.15, 0.2) is 18.9 Å². The summed E-state index contributed by atoms with van der Waals surface area (Å²) in [7, 11) is 0. The molecule has 83 heavy (non-hydrogen) atoms. The van der Waals surface area contributed by atoms with Crippen LogP contribution in [0.4, 0.5) is 0 Å². The minimum Gasteiger partial charge on any atom is -0.394 e. The SMILES string of the molecule is CCCCC/C=C\C/C=C\CCCCCCCCCCCC(=O)NC(COC1OC(CO)C(OC2OC(CO)C(OC3OC(CO)C(O)C(O)C3O)C(O)C2O)C(O)C1O)C(O)CCCCCCCCCCCCCCCCCCCCC. The lowest BCUT2D eigenvalue weighted by atomic mass is 9.96. The maximum Gasteiger partial charge on any atom is 0.220 e. The van der Waals surface area contributed by atoms with Crippen LogP contribution in [0.1, 0.15) is 245 Å². The third-order valence-corrected chi connectivity index (χ3v) is 16.8. The molecular formula is C64H119NO18. The molecule has 12 N–H and O–H groups in total. The Balaban J connectivity index is 1.46. The zero-order chi connectivity index (χ0) is 60.5. The molecule has 3 aliphatic rings. The van der Waals surface area contributed by atoms with E-state index in [1.165, 1.54) is 154 Å². The highest BCUT2D eigenvalue weighted by Gasteiger charge is 2.53. The lowest BCUT2D eigenvalue weighted by Gasteiger charge is -2.48. The maximum atomic E-state index is 13.4. The van der Waals surface area contributed by atoms with E-state index in [-0.39, 0.29) is 18.9 Å². The monoisotopic (exact) mass is 1190 g/mol. The fourth-order valence-corrected chi connectivity index (χ4v) is 11.3. The van der Waals surface area contributed by atoms with Gasteiger partial charge < -0.3 is 89.9 Å². The van der Waals surface area contributed by atoms with E-state index in [1.807, 2.05) is 0 Å². The van der Waals surface area contributed by atoms with E-state index in [9.17, 15) is 61.0 Å². The molecule has 3 rings (SSSR count). The number of hydrogen-bond donors (Lipinski definition) is 12. The summed E-state index contributed by atoms with van der Waals surface area (Å²) in [6, 6.07) is -0.888. The van der Waals surface area contributed by atoms with Crippen molar-refractivity contribution in [2.45, 2.75) is 349 Å². The normalized spacial score (nSPS) is 29.5. The first-order valence-corrected chi connectivity index (χ1v) is 33.1. The van der Waals surface area contributed by atoms with Crippen LogP contribution in [0.5, 0.6) is 0 Å². The van der Waals surface area contributed by atoms with Gasteiger partial charge >= 0.3 is 0 Å². The molecule has 0 aromatic heterocycles. The van der Waals surface area contributed by atoms with Gasteiger partial charge in [0.05, 0.1) is 38.6 Å². The summed E-state index contributed by atoms with van der Waals surface area (Å²) >= 11 is 0. The van der Waals surface area contributed by atoms with Crippen LogP contribution in [0.15, 0.2) is 24.3 Å². The van der Waals surface area contributed by atoms with Crippen LogP contribution in [0.2, 0.25) is 0 Å². The van der Waals surface area contributed by atoms with E-state index in [1.54, 1.807) is 0 Å². The summed E-state index contributed by atoms with van der Waals surface area (Å²) < 4.78 is 34.4. The highest BCUT2D eigenvalue weighted by atomic mass is 16.8. The second-order valence-electron chi connectivity index (χ2n) is 23.9. The molecule has 0 radical (unpaired) electrons. The molecule has 0 spiro atoms. The molecule has 488 valence electrons. The number of hydrogen-bond acceptors (Lipinski definition) is 18. The second-order valence-corrected chi connectivity index (χ2v) is 23.9. The summed E-state index contributed by atoms with van der Waals surface area (Å²) in [5.74, 6) is -0.245. The first kappa shape index (κ1) is 75.5. The van der Waals surface area contributed by atoms with Gasteiger partial charge in [-0.2, -0.15) is 0 Å². The van der Waals surface area contributed by atoms with Gasteiger partial charge in [0.25, 0.3) is 0 Å². The van der Waals surface area contributed by atoms with Crippen molar-refractivity contribution in [3.63, 3.8) is 0 Å². The highest BCUT2D eigenvalue weighted by Crippen LogP contribution is 2.33. The van der Waals surface area contributed by atoms with Gasteiger partial charge in [-0.25, -0.2) is 0 Å². The van der Waals surface area contributed by atoms with E-state index < -0.39 is 124 Å². The van der Waals surface area contributed by atoms with Crippen LogP contribution >= 0.6 is 0 Å². The Hall–Kier alpha value is -1.73. The molecule has 17 unspecified atom stereocenters. The molecule has 1 amide bonds. The molecule has 0 saturated carbocycles. The average molecular weight is 1190 g/mol. The third-order valence-electron chi connectivity index (χ3n) is 16.8. The van der Waals surface area contributed by atoms with Crippen molar-refractivity contribution in [1.29, 1.82) is 0 Å². The maximum absolute atomic E-state index is 13.4. The third kappa shape index (κ3) is 30.4. The number of allylic oxidation sites excluding steroid dienone is 4. The van der Waals surface area contributed by atoms with E-state index in [0.717, 1.165) is 57.8 Å². The molecule has 19 nitrogen and oxygen atoms in total. The summed E-state index contributed by atoms with van der Waals surface area (Å²) in [5, 5.41) is 121. The Kier molecular flexibility index (Phi) is 43.0. The van der Waals surface area contributed by atoms with Crippen LogP contribution < -0.4 is 5.32 Å². The molecule has 0 aromatic carbocycles. The summed E-state index contributed by atoms with van der Waals surface area (Å²) in [4.78, 5) is 13.4. The molecule has 3 fully saturated rings. The quantitative estimate of drug-likeness (QED) is 0.0207. The van der Waals surface area contributed by atoms with Crippen LogP contribution in [0.3, 0.4) is 0 Å². The molecular weight excluding hydrogens is 1070 g/mol. The molecule has 0 aromatic rings. The van der Waals surface area contributed by atoms with Gasteiger partial charge in [-0.15, -0.1) is 0 Å². The largest absolute Gasteiger partial charge is 0.394 e. The van der Waals surface area contributed by atoms with Crippen molar-refractivity contribution in [3.05, 3.63) is 24.3 Å². The minimum atomic E-state index is -1.97. The molecule has 17 atom stereocenters. The van der Waals surface area contributed by atoms with E-state index in [4.69, 9.17) is 28.4 Å². The van der Waals surface area contributed by atoms with Crippen LogP contribution in [0, 0.1) is 0 Å². The average Bonchev–Trinajstić information content (AvgIpc) is 3.43. The number of ether oxygens (including phenoxy) is 6. The number of rotatable bonds is 50. The molecule has 3 aliphatic heterocycles. The highest BCUT2D eigenvalue weighted by molar-refractivity contribution is 5.76. The molecule has 3 saturated heterocycles. The number of unbranched alkanes of at least 4 members (excludes halogenated alkanes) is 30. The predicted octanol–water partition coefficient (Wildman–Crippen LogP) is 7.49. The first-order valence-electron chi connectivity index (χ1n) is 33.1. The summed E-state index contributed by atoms with van der Waals surface area (Å²) in [6.45, 7) is 1.79. The van der Waals surface area contributed by atoms with Gasteiger partial charge in [0, 0.05) is 6.42 Å². The topological polar surface area (TPSA) is 307 Å². The lowest BCUT2D eigenvalue weighted by molar-refractivity contribution is -0.379. The molecule has 0 bridgehead atoms. The van der Waals surface area contributed by atoms with E-state index >= 15 is 0 Å². The van der Waals surface area contributed by atoms with Crippen molar-refractivity contribution < 1.29 is 89.4 Å². The Morgan fingerprint density at radius 1 is 0.434 bits per heavy atom. The van der Waals surface area contributed by atoms with Gasteiger partial charge in [0.1, 0.15) is 73.2 Å². The van der Waals surface area contributed by atoms with Crippen LogP contribution in [-0.4, -0.2) is 193 Å². The lowest BCUT2D eigenvalue weighted by Crippen LogP contribution is -2.66. The van der Waals surface area contributed by atoms with E-state index in [2.05, 4.69) is 43.5 Å². The van der Waals surface area contributed by atoms with Gasteiger partial charge in [-0.05, 0) is 44.9 Å². The van der Waals surface area contributed by atoms with Gasteiger partial charge in [0.2, 0.25) is 5.91 Å². The number of aliphatic hydroxyl groups is 11. The first-order chi connectivity index (χ1) is 40.3. The Morgan fingerprint density at radius 3 is 1.25 bits per heavy atom. The fraction of sp³-hybridized carbons (Fsp3) is 0.922. The number of amides is 1. The van der Waals surface area contributed by atoms with Crippen molar-refractivity contribution in [2.75, 3.05) is 26.4 Å². The second kappa shape index (κ2) is 47.3. The van der Waals surface area contributed by atoms with Crippen molar-refractivity contribution in [1.82, 2.24) is 5.32 Å².